The van der Waals surface area contributed by atoms with Crippen LogP contribution in [0.25, 0.3) is 0 Å². The molecule has 2 aromatic carbocycles. The van der Waals surface area contributed by atoms with Gasteiger partial charge >= 0.3 is 5.97 Å². The van der Waals surface area contributed by atoms with Gasteiger partial charge in [0.25, 0.3) is 5.17 Å². The van der Waals surface area contributed by atoms with Crippen LogP contribution in [0.3, 0.4) is 0 Å². The molecule has 2 aliphatic heterocycles. The molecule has 3 heterocycles. The van der Waals surface area contributed by atoms with Crippen LogP contribution in [0.4, 0.5) is 0 Å². The molecule has 36 heavy (non-hydrogen) atoms. The van der Waals surface area contributed by atoms with Crippen molar-refractivity contribution in [2.75, 3.05) is 19.7 Å². The van der Waals surface area contributed by atoms with E-state index in [0.29, 0.717) is 29.5 Å². The Morgan fingerprint density at radius 1 is 1.08 bits per heavy atom. The van der Waals surface area contributed by atoms with Gasteiger partial charge in [-0.15, -0.1) is 0 Å². The summed E-state index contributed by atoms with van der Waals surface area (Å²) in [5.74, 6) is 0.0864. The van der Waals surface area contributed by atoms with Crippen LogP contribution in [0.1, 0.15) is 46.1 Å². The summed E-state index contributed by atoms with van der Waals surface area (Å²) in [6.07, 6.45) is 2.07. The van der Waals surface area contributed by atoms with Gasteiger partial charge in [-0.3, -0.25) is 4.90 Å². The fraction of sp³-hybridized carbons (Fsp3) is 0.321. The minimum atomic E-state index is -0.962. The summed E-state index contributed by atoms with van der Waals surface area (Å²) in [6, 6.07) is 21.3. The molecule has 1 atom stereocenters. The standard InChI is InChI=1S/C28H29N3O4S/c1-19-22(9-12-26(29-19)35-24-10-7-21(8-11-24)27(32)33)17-30-15-13-23(14-16-30)31-25(18-34-28(31)36)20-5-3-2-4-6-20/h2-12,23,25H,13-18H2,1H3,(H,32,33). The highest BCUT2D eigenvalue weighted by molar-refractivity contribution is 7.80. The molecule has 2 saturated heterocycles. The number of carboxylic acid groups (broad SMARTS) is 1. The number of aromatic nitrogens is 1. The van der Waals surface area contributed by atoms with Crippen molar-refractivity contribution in [3.8, 4) is 11.6 Å². The Labute approximate surface area is 216 Å². The van der Waals surface area contributed by atoms with Crippen molar-refractivity contribution < 1.29 is 19.4 Å². The number of carboxylic acids is 1. The summed E-state index contributed by atoms with van der Waals surface area (Å²) >= 11 is 5.57. The SMILES string of the molecule is Cc1nc(Oc2ccc(C(=O)O)cc2)ccc1CN1CCC(N2C(=S)OCC2c2ccccc2)CC1. The molecule has 2 aliphatic rings. The highest BCUT2D eigenvalue weighted by Crippen LogP contribution is 2.33. The van der Waals surface area contributed by atoms with E-state index in [1.54, 1.807) is 12.1 Å². The average Bonchev–Trinajstić information content (AvgIpc) is 3.28. The van der Waals surface area contributed by atoms with Gasteiger partial charge < -0.3 is 19.5 Å². The van der Waals surface area contributed by atoms with E-state index in [0.717, 1.165) is 38.2 Å². The van der Waals surface area contributed by atoms with E-state index in [2.05, 4.69) is 45.1 Å². The van der Waals surface area contributed by atoms with E-state index in [-0.39, 0.29) is 11.6 Å². The van der Waals surface area contributed by atoms with Gasteiger partial charge in [-0.25, -0.2) is 9.78 Å². The van der Waals surface area contributed by atoms with Gasteiger partial charge in [0.05, 0.1) is 11.6 Å². The van der Waals surface area contributed by atoms with Gasteiger partial charge in [0.1, 0.15) is 12.4 Å². The van der Waals surface area contributed by atoms with Crippen LogP contribution in [0.2, 0.25) is 0 Å². The first-order chi connectivity index (χ1) is 17.5. The molecule has 186 valence electrons. The number of pyridine rings is 1. The van der Waals surface area contributed by atoms with Crippen molar-refractivity contribution in [3.63, 3.8) is 0 Å². The third-order valence-electron chi connectivity index (χ3n) is 6.93. The van der Waals surface area contributed by atoms with Gasteiger partial charge in [0.2, 0.25) is 5.88 Å². The fourth-order valence-corrected chi connectivity index (χ4v) is 5.29. The molecule has 0 amide bonds. The Kier molecular flexibility index (Phi) is 7.16. The van der Waals surface area contributed by atoms with Crippen LogP contribution < -0.4 is 4.74 Å². The zero-order valence-electron chi connectivity index (χ0n) is 20.2. The average molecular weight is 504 g/mol. The molecule has 1 N–H and O–H groups in total. The van der Waals surface area contributed by atoms with Crippen molar-refractivity contribution in [2.45, 2.75) is 38.4 Å². The van der Waals surface area contributed by atoms with Crippen molar-refractivity contribution >= 4 is 23.4 Å². The summed E-state index contributed by atoms with van der Waals surface area (Å²) in [4.78, 5) is 20.4. The number of nitrogens with zero attached hydrogens (tertiary/aromatic N) is 3. The highest BCUT2D eigenvalue weighted by Gasteiger charge is 2.37. The second-order valence-corrected chi connectivity index (χ2v) is 9.59. The molecule has 0 bridgehead atoms. The molecule has 0 aliphatic carbocycles. The zero-order chi connectivity index (χ0) is 25.1. The van der Waals surface area contributed by atoms with Crippen molar-refractivity contribution in [3.05, 3.63) is 89.1 Å². The molecule has 2 fully saturated rings. The number of rotatable bonds is 7. The molecule has 8 heteroatoms. The lowest BCUT2D eigenvalue weighted by atomic mass is 9.99. The lowest BCUT2D eigenvalue weighted by Crippen LogP contribution is -2.45. The summed E-state index contributed by atoms with van der Waals surface area (Å²) in [7, 11) is 0. The van der Waals surface area contributed by atoms with Gasteiger partial charge in [-0.2, -0.15) is 0 Å². The predicted octanol–water partition coefficient (Wildman–Crippen LogP) is 5.20. The lowest BCUT2D eigenvalue weighted by Gasteiger charge is -2.39. The second-order valence-electron chi connectivity index (χ2n) is 9.24. The van der Waals surface area contributed by atoms with Gasteiger partial charge in [-0.05, 0) is 67.4 Å². The predicted molar refractivity (Wildman–Crippen MR) is 140 cm³/mol. The van der Waals surface area contributed by atoms with E-state index in [9.17, 15) is 4.79 Å². The number of aromatic carboxylic acids is 1. The maximum atomic E-state index is 11.0. The molecule has 0 spiro atoms. The molecule has 5 rings (SSSR count). The number of hydrogen-bond donors (Lipinski definition) is 1. The Bertz CT molecular complexity index is 1230. The quantitative estimate of drug-likeness (QED) is 0.441. The van der Waals surface area contributed by atoms with E-state index in [4.69, 9.17) is 26.8 Å². The molecular weight excluding hydrogens is 474 g/mol. The molecule has 0 radical (unpaired) electrons. The maximum Gasteiger partial charge on any atom is 0.335 e. The first kappa shape index (κ1) is 24.2. The molecule has 1 aromatic heterocycles. The van der Waals surface area contributed by atoms with Gasteiger partial charge in [0.15, 0.2) is 0 Å². The van der Waals surface area contributed by atoms with Crippen LogP contribution in [0.5, 0.6) is 11.6 Å². The Morgan fingerprint density at radius 3 is 2.47 bits per heavy atom. The van der Waals surface area contributed by atoms with Crippen molar-refractivity contribution in [2.24, 2.45) is 0 Å². The molecule has 3 aromatic rings. The normalized spacial score (nSPS) is 18.8. The highest BCUT2D eigenvalue weighted by atomic mass is 32.1. The van der Waals surface area contributed by atoms with E-state index in [1.165, 1.54) is 23.3 Å². The van der Waals surface area contributed by atoms with Gasteiger partial charge in [0, 0.05) is 37.4 Å². The third-order valence-corrected chi connectivity index (χ3v) is 7.26. The maximum absolute atomic E-state index is 11.0. The summed E-state index contributed by atoms with van der Waals surface area (Å²) in [5.41, 5.74) is 3.57. The topological polar surface area (TPSA) is 75.1 Å². The largest absolute Gasteiger partial charge is 0.478 e. The fourth-order valence-electron chi connectivity index (χ4n) is 4.94. The van der Waals surface area contributed by atoms with E-state index >= 15 is 0 Å². The van der Waals surface area contributed by atoms with Crippen LogP contribution >= 0.6 is 12.2 Å². The number of carbonyl (C=O) groups is 1. The molecule has 7 nitrogen and oxygen atoms in total. The first-order valence-corrected chi connectivity index (χ1v) is 12.6. The van der Waals surface area contributed by atoms with Crippen LogP contribution in [-0.4, -0.2) is 56.8 Å². The number of piperidine rings is 1. The lowest BCUT2D eigenvalue weighted by molar-refractivity contribution is 0.0697. The Morgan fingerprint density at radius 2 is 1.81 bits per heavy atom. The number of ether oxygens (including phenoxy) is 2. The number of aryl methyl sites for hydroxylation is 1. The van der Waals surface area contributed by atoms with E-state index < -0.39 is 5.97 Å². The summed E-state index contributed by atoms with van der Waals surface area (Å²) in [6.45, 7) is 5.42. The first-order valence-electron chi connectivity index (χ1n) is 12.2. The van der Waals surface area contributed by atoms with Gasteiger partial charge in [-0.1, -0.05) is 36.4 Å². The summed E-state index contributed by atoms with van der Waals surface area (Å²) < 4.78 is 11.6. The van der Waals surface area contributed by atoms with Crippen molar-refractivity contribution in [1.82, 2.24) is 14.8 Å². The van der Waals surface area contributed by atoms with E-state index in [1.807, 2.05) is 19.1 Å². The monoisotopic (exact) mass is 503 g/mol. The minimum absolute atomic E-state index is 0.189. The number of likely N-dealkylation sites (tertiary alicyclic amines) is 1. The van der Waals surface area contributed by atoms with Crippen LogP contribution in [0.15, 0.2) is 66.7 Å². The number of thiocarbonyl (C=S) groups is 1. The Hall–Kier alpha value is -3.49. The minimum Gasteiger partial charge on any atom is -0.478 e. The molecule has 1 unspecified atom stereocenters. The summed E-state index contributed by atoms with van der Waals surface area (Å²) in [5, 5.41) is 9.66. The number of hydrogen-bond acceptors (Lipinski definition) is 6. The molecule has 0 saturated carbocycles. The van der Waals surface area contributed by atoms with Crippen molar-refractivity contribution in [1.29, 1.82) is 0 Å². The zero-order valence-corrected chi connectivity index (χ0v) is 21.0. The van der Waals surface area contributed by atoms with Crippen LogP contribution in [-0.2, 0) is 11.3 Å². The molecular formula is C28H29N3O4S. The second kappa shape index (κ2) is 10.6. The van der Waals surface area contributed by atoms with Crippen LogP contribution in [0, 0.1) is 6.92 Å². The number of benzene rings is 2. The Balaban J connectivity index is 1.17. The smallest absolute Gasteiger partial charge is 0.335 e. The third kappa shape index (κ3) is 5.34.